The predicted molar refractivity (Wildman–Crippen MR) is 103 cm³/mol. The van der Waals surface area contributed by atoms with E-state index in [9.17, 15) is 4.79 Å². The molecule has 0 radical (unpaired) electrons. The van der Waals surface area contributed by atoms with Crippen LogP contribution in [0.1, 0.15) is 41.6 Å². The summed E-state index contributed by atoms with van der Waals surface area (Å²) in [5, 5.41) is 1.97. The zero-order valence-electron chi connectivity index (χ0n) is 15.4. The number of carbonyl (C=O) groups is 1. The minimum Gasteiger partial charge on any atom is -0.311 e. The van der Waals surface area contributed by atoms with Crippen molar-refractivity contribution in [2.24, 2.45) is 0 Å². The first-order chi connectivity index (χ1) is 12.7. The Balaban J connectivity index is 1.48. The average molecular weight is 347 g/mol. The van der Waals surface area contributed by atoms with Crippen LogP contribution in [0.5, 0.6) is 0 Å². The summed E-state index contributed by atoms with van der Waals surface area (Å²) in [4.78, 5) is 14.8. The minimum atomic E-state index is -0.139. The van der Waals surface area contributed by atoms with Gasteiger partial charge in [0.2, 0.25) is 0 Å². The third kappa shape index (κ3) is 3.13. The lowest BCUT2D eigenvalue weighted by Gasteiger charge is -2.32. The zero-order valence-corrected chi connectivity index (χ0v) is 15.4. The van der Waals surface area contributed by atoms with Crippen molar-refractivity contribution in [3.63, 3.8) is 0 Å². The molecule has 4 heteroatoms. The highest BCUT2D eigenvalue weighted by molar-refractivity contribution is 5.84. The van der Waals surface area contributed by atoms with Crippen LogP contribution in [0.3, 0.4) is 0 Å². The van der Waals surface area contributed by atoms with Gasteiger partial charge in [-0.05, 0) is 42.0 Å². The average Bonchev–Trinajstić information content (AvgIpc) is 3.11. The van der Waals surface area contributed by atoms with E-state index in [4.69, 9.17) is 0 Å². The highest BCUT2D eigenvalue weighted by Gasteiger charge is 2.39. The van der Waals surface area contributed by atoms with Gasteiger partial charge in [-0.1, -0.05) is 55.5 Å². The minimum absolute atomic E-state index is 0.139. The third-order valence-corrected chi connectivity index (χ3v) is 5.47. The van der Waals surface area contributed by atoms with Gasteiger partial charge in [0.1, 0.15) is 6.04 Å². The Bertz CT molecular complexity index is 828. The number of benzene rings is 2. The molecule has 2 atom stereocenters. The van der Waals surface area contributed by atoms with E-state index in [0.29, 0.717) is 6.54 Å². The van der Waals surface area contributed by atoms with Gasteiger partial charge in [-0.15, -0.1) is 0 Å². The standard InChI is InChI=1S/C22H25N3O/c1-3-17-8-10-18(11-9-17)20-14-21-22(26)24(12-13-25(21)23-20)15-19-7-5-4-6-16(19)2/h4-13,20-21,23H,3,14-15H2,1-2H3. The normalized spacial score (nSPS) is 22.0. The van der Waals surface area contributed by atoms with Crippen molar-refractivity contribution >= 4 is 5.91 Å². The van der Waals surface area contributed by atoms with Crippen LogP contribution in [0.15, 0.2) is 60.9 Å². The lowest BCUT2D eigenvalue weighted by Crippen LogP contribution is -2.47. The molecule has 2 aliphatic heterocycles. The molecule has 4 rings (SSSR count). The third-order valence-electron chi connectivity index (χ3n) is 5.47. The van der Waals surface area contributed by atoms with Gasteiger partial charge in [-0.25, -0.2) is 5.43 Å². The molecule has 2 heterocycles. The molecule has 0 spiro atoms. The fraction of sp³-hybridized carbons (Fsp3) is 0.318. The molecule has 2 aliphatic rings. The molecule has 1 amide bonds. The second-order valence-electron chi connectivity index (χ2n) is 7.13. The molecule has 26 heavy (non-hydrogen) atoms. The molecule has 4 nitrogen and oxygen atoms in total. The van der Waals surface area contributed by atoms with Gasteiger partial charge in [0.25, 0.3) is 5.91 Å². The Labute approximate surface area is 155 Å². The number of aryl methyl sites for hydroxylation is 2. The Morgan fingerprint density at radius 1 is 1.08 bits per heavy atom. The van der Waals surface area contributed by atoms with Crippen molar-refractivity contribution in [1.82, 2.24) is 15.3 Å². The van der Waals surface area contributed by atoms with Crippen LogP contribution in [-0.2, 0) is 17.8 Å². The molecule has 1 saturated heterocycles. The largest absolute Gasteiger partial charge is 0.311 e. The summed E-state index contributed by atoms with van der Waals surface area (Å²) in [6.07, 6.45) is 5.71. The van der Waals surface area contributed by atoms with Crippen molar-refractivity contribution in [1.29, 1.82) is 0 Å². The number of hydrazine groups is 1. The van der Waals surface area contributed by atoms with Crippen LogP contribution in [0.25, 0.3) is 0 Å². The molecule has 1 fully saturated rings. The number of carbonyl (C=O) groups excluding carboxylic acids is 1. The SMILES string of the molecule is CCc1ccc(C2CC3C(=O)N(Cc4ccccc4C)C=CN3N2)cc1. The van der Waals surface area contributed by atoms with E-state index in [1.54, 1.807) is 0 Å². The van der Waals surface area contributed by atoms with Gasteiger partial charge in [-0.2, -0.15) is 0 Å². The maximum Gasteiger partial charge on any atom is 0.251 e. The molecule has 0 aliphatic carbocycles. The lowest BCUT2D eigenvalue weighted by molar-refractivity contribution is -0.134. The number of fused-ring (bicyclic) bond motifs is 1. The van der Waals surface area contributed by atoms with Gasteiger partial charge >= 0.3 is 0 Å². The van der Waals surface area contributed by atoms with Crippen LogP contribution in [0.2, 0.25) is 0 Å². The van der Waals surface area contributed by atoms with Gasteiger partial charge < -0.3 is 9.91 Å². The molecule has 0 saturated carbocycles. The molecule has 2 aromatic carbocycles. The first kappa shape index (κ1) is 16.9. The molecular weight excluding hydrogens is 322 g/mol. The molecule has 1 N–H and O–H groups in total. The summed E-state index contributed by atoms with van der Waals surface area (Å²) < 4.78 is 0. The molecule has 134 valence electrons. The molecule has 0 bridgehead atoms. The summed E-state index contributed by atoms with van der Waals surface area (Å²) in [5.41, 5.74) is 8.46. The van der Waals surface area contributed by atoms with E-state index < -0.39 is 0 Å². The fourth-order valence-corrected chi connectivity index (χ4v) is 3.74. The second kappa shape index (κ2) is 6.96. The number of nitrogens with zero attached hydrogens (tertiary/aromatic N) is 2. The van der Waals surface area contributed by atoms with E-state index >= 15 is 0 Å². The highest BCUT2D eigenvalue weighted by Crippen LogP contribution is 2.31. The summed E-state index contributed by atoms with van der Waals surface area (Å²) in [6.45, 7) is 4.88. The van der Waals surface area contributed by atoms with Crippen molar-refractivity contribution < 1.29 is 4.79 Å². The van der Waals surface area contributed by atoms with Crippen molar-refractivity contribution in [2.45, 2.75) is 45.3 Å². The quantitative estimate of drug-likeness (QED) is 0.916. The molecular formula is C22H25N3O. The topological polar surface area (TPSA) is 35.6 Å². The number of rotatable bonds is 4. The lowest BCUT2D eigenvalue weighted by atomic mass is 9.99. The number of hydrogen-bond donors (Lipinski definition) is 1. The Kier molecular flexibility index (Phi) is 4.51. The molecule has 2 unspecified atom stereocenters. The highest BCUT2D eigenvalue weighted by atomic mass is 16.2. The van der Waals surface area contributed by atoms with Crippen LogP contribution in [-0.4, -0.2) is 21.9 Å². The van der Waals surface area contributed by atoms with E-state index in [-0.39, 0.29) is 18.0 Å². The summed E-state index contributed by atoms with van der Waals surface area (Å²) in [6, 6.07) is 17.0. The van der Waals surface area contributed by atoms with Crippen molar-refractivity contribution in [2.75, 3.05) is 0 Å². The van der Waals surface area contributed by atoms with E-state index in [1.165, 1.54) is 22.3 Å². The van der Waals surface area contributed by atoms with Gasteiger partial charge in [0.05, 0.1) is 12.6 Å². The summed E-state index contributed by atoms with van der Waals surface area (Å²) in [5.74, 6) is 0.163. The monoisotopic (exact) mass is 347 g/mol. The van der Waals surface area contributed by atoms with Gasteiger partial charge in [0.15, 0.2) is 0 Å². The predicted octanol–water partition coefficient (Wildman–Crippen LogP) is 3.69. The zero-order chi connectivity index (χ0) is 18.1. The maximum absolute atomic E-state index is 13.0. The van der Waals surface area contributed by atoms with Crippen molar-refractivity contribution in [3.8, 4) is 0 Å². The van der Waals surface area contributed by atoms with Gasteiger partial charge in [-0.3, -0.25) is 4.79 Å². The van der Waals surface area contributed by atoms with Crippen LogP contribution in [0, 0.1) is 6.92 Å². The Morgan fingerprint density at radius 2 is 1.85 bits per heavy atom. The van der Waals surface area contributed by atoms with E-state index in [2.05, 4.69) is 55.7 Å². The molecule has 0 aromatic heterocycles. The van der Waals surface area contributed by atoms with E-state index in [0.717, 1.165) is 12.8 Å². The first-order valence-electron chi connectivity index (χ1n) is 9.32. The van der Waals surface area contributed by atoms with Crippen LogP contribution in [0.4, 0.5) is 0 Å². The fourth-order valence-electron chi connectivity index (χ4n) is 3.74. The molecule has 2 aromatic rings. The summed E-state index contributed by atoms with van der Waals surface area (Å²) >= 11 is 0. The summed E-state index contributed by atoms with van der Waals surface area (Å²) in [7, 11) is 0. The number of hydrogen-bond acceptors (Lipinski definition) is 3. The number of amides is 1. The smallest absolute Gasteiger partial charge is 0.251 e. The maximum atomic E-state index is 13.0. The first-order valence-corrected chi connectivity index (χ1v) is 9.32. The Hall–Kier alpha value is -2.59. The second-order valence-corrected chi connectivity index (χ2v) is 7.13. The van der Waals surface area contributed by atoms with Crippen LogP contribution < -0.4 is 5.43 Å². The van der Waals surface area contributed by atoms with Gasteiger partial charge in [0, 0.05) is 12.4 Å². The number of nitrogens with one attached hydrogen (secondary N) is 1. The van der Waals surface area contributed by atoms with E-state index in [1.807, 2.05) is 34.4 Å². The van der Waals surface area contributed by atoms with Crippen LogP contribution >= 0.6 is 0 Å². The Morgan fingerprint density at radius 3 is 2.58 bits per heavy atom. The van der Waals surface area contributed by atoms with Crippen molar-refractivity contribution in [3.05, 3.63) is 83.2 Å².